The van der Waals surface area contributed by atoms with Gasteiger partial charge in [-0.05, 0) is 41.7 Å². The van der Waals surface area contributed by atoms with E-state index < -0.39 is 0 Å². The maximum atomic E-state index is 6.23. The fraction of sp³-hybridized carbons (Fsp3) is 0.238. The van der Waals surface area contributed by atoms with Crippen molar-refractivity contribution in [2.75, 3.05) is 5.73 Å². The first-order chi connectivity index (χ1) is 10.8. The van der Waals surface area contributed by atoms with E-state index in [0.717, 1.165) is 30.5 Å². The summed E-state index contributed by atoms with van der Waals surface area (Å²) in [6, 6.07) is 16.7. The fourth-order valence-electron chi connectivity index (χ4n) is 2.48. The summed E-state index contributed by atoms with van der Waals surface area (Å²) in [4.78, 5) is 0. The predicted octanol–water partition coefficient (Wildman–Crippen LogP) is 6.09. The van der Waals surface area contributed by atoms with E-state index in [2.05, 4.69) is 68.5 Å². The molecule has 1 heteroatoms. The Bertz CT molecular complexity index is 651. The van der Waals surface area contributed by atoms with Gasteiger partial charge in [-0.1, -0.05) is 74.9 Å². The van der Waals surface area contributed by atoms with Crippen molar-refractivity contribution in [2.24, 2.45) is 0 Å². The van der Waals surface area contributed by atoms with Crippen molar-refractivity contribution in [1.29, 1.82) is 0 Å². The highest BCUT2D eigenvalue weighted by Gasteiger charge is 2.06. The van der Waals surface area contributed by atoms with Crippen LogP contribution in [0.3, 0.4) is 0 Å². The second-order valence-corrected chi connectivity index (χ2v) is 5.43. The van der Waals surface area contributed by atoms with Crippen molar-refractivity contribution in [1.82, 2.24) is 0 Å². The molecule has 2 aromatic carbocycles. The first-order valence-electron chi connectivity index (χ1n) is 8.08. The number of nitrogen functional groups attached to an aromatic ring is 1. The zero-order chi connectivity index (χ0) is 15.8. The van der Waals surface area contributed by atoms with Crippen molar-refractivity contribution >= 4 is 11.3 Å². The highest BCUT2D eigenvalue weighted by Crippen LogP contribution is 2.29. The molecule has 22 heavy (non-hydrogen) atoms. The number of anilines is 1. The van der Waals surface area contributed by atoms with Crippen LogP contribution < -0.4 is 5.73 Å². The summed E-state index contributed by atoms with van der Waals surface area (Å²) in [5.41, 5.74) is 11.8. The molecule has 0 aliphatic carbocycles. The normalized spacial score (nSPS) is 12.0. The highest BCUT2D eigenvalue weighted by molar-refractivity contribution is 5.84. The first-order valence-corrected chi connectivity index (χ1v) is 8.08. The minimum atomic E-state index is 0.834. The van der Waals surface area contributed by atoms with E-state index in [0.29, 0.717) is 0 Å². The van der Waals surface area contributed by atoms with Crippen LogP contribution in [0.15, 0.2) is 66.8 Å². The summed E-state index contributed by atoms with van der Waals surface area (Å²) in [6.07, 6.45) is 9.94. The van der Waals surface area contributed by atoms with Gasteiger partial charge in [-0.2, -0.15) is 0 Å². The Balaban J connectivity index is 2.42. The van der Waals surface area contributed by atoms with Gasteiger partial charge in [0.2, 0.25) is 0 Å². The third-order valence-corrected chi connectivity index (χ3v) is 3.65. The Morgan fingerprint density at radius 3 is 2.45 bits per heavy atom. The molecule has 0 bridgehead atoms. The maximum absolute atomic E-state index is 6.23. The Morgan fingerprint density at radius 2 is 1.77 bits per heavy atom. The Kier molecular flexibility index (Phi) is 6.02. The lowest BCUT2D eigenvalue weighted by Crippen LogP contribution is -1.94. The van der Waals surface area contributed by atoms with Gasteiger partial charge < -0.3 is 5.73 Å². The molecule has 2 aromatic rings. The maximum Gasteiger partial charge on any atom is 0.0394 e. The van der Waals surface area contributed by atoms with Gasteiger partial charge in [0.15, 0.2) is 0 Å². The van der Waals surface area contributed by atoms with Crippen molar-refractivity contribution in [3.05, 3.63) is 72.3 Å². The molecule has 0 spiro atoms. The van der Waals surface area contributed by atoms with Crippen LogP contribution in [0.1, 0.15) is 38.7 Å². The molecule has 2 N–H and O–H groups in total. The molecule has 0 aliphatic heterocycles. The van der Waals surface area contributed by atoms with Crippen LogP contribution in [0.2, 0.25) is 0 Å². The number of rotatable bonds is 6. The van der Waals surface area contributed by atoms with E-state index in [1.54, 1.807) is 0 Å². The topological polar surface area (TPSA) is 26.0 Å². The number of hydrogen-bond donors (Lipinski definition) is 1. The molecule has 0 atom stereocenters. The average molecular weight is 291 g/mol. The zero-order valence-corrected chi connectivity index (χ0v) is 13.5. The lowest BCUT2D eigenvalue weighted by Gasteiger charge is -2.10. The Morgan fingerprint density at radius 1 is 1.00 bits per heavy atom. The van der Waals surface area contributed by atoms with Gasteiger partial charge >= 0.3 is 0 Å². The summed E-state index contributed by atoms with van der Waals surface area (Å²) in [7, 11) is 0. The Labute approximate surface area is 134 Å². The molecule has 2 rings (SSSR count). The van der Waals surface area contributed by atoms with E-state index in [9.17, 15) is 0 Å². The zero-order valence-electron chi connectivity index (χ0n) is 13.5. The van der Waals surface area contributed by atoms with Crippen LogP contribution in [0.4, 0.5) is 5.69 Å². The van der Waals surface area contributed by atoms with Crippen molar-refractivity contribution in [3.63, 3.8) is 0 Å². The number of allylic oxidation sites excluding steroid dienone is 4. The number of nitrogens with two attached hydrogens (primary N) is 1. The molecule has 0 aliphatic rings. The minimum absolute atomic E-state index is 0.834. The third-order valence-electron chi connectivity index (χ3n) is 3.65. The highest BCUT2D eigenvalue weighted by atomic mass is 14.6. The van der Waals surface area contributed by atoms with Gasteiger partial charge in [-0.15, -0.1) is 0 Å². The van der Waals surface area contributed by atoms with E-state index in [-0.39, 0.29) is 0 Å². The molecule has 0 saturated carbocycles. The van der Waals surface area contributed by atoms with Gasteiger partial charge in [-0.3, -0.25) is 0 Å². The molecule has 1 nitrogen and oxygen atoms in total. The Hall–Kier alpha value is -2.28. The smallest absolute Gasteiger partial charge is 0.0394 e. The van der Waals surface area contributed by atoms with Crippen molar-refractivity contribution in [3.8, 4) is 11.1 Å². The monoisotopic (exact) mass is 291 g/mol. The molecule has 0 heterocycles. The second-order valence-electron chi connectivity index (χ2n) is 5.43. The minimum Gasteiger partial charge on any atom is -0.398 e. The van der Waals surface area contributed by atoms with Gasteiger partial charge in [0.1, 0.15) is 0 Å². The van der Waals surface area contributed by atoms with Gasteiger partial charge in [0.25, 0.3) is 0 Å². The molecule has 114 valence electrons. The average Bonchev–Trinajstić information content (AvgIpc) is 2.56. The van der Waals surface area contributed by atoms with Gasteiger partial charge in [0.05, 0.1) is 0 Å². The summed E-state index contributed by atoms with van der Waals surface area (Å²) >= 11 is 0. The van der Waals surface area contributed by atoms with Crippen LogP contribution in [0, 0.1) is 0 Å². The molecule has 0 unspecified atom stereocenters. The van der Waals surface area contributed by atoms with E-state index in [1.165, 1.54) is 16.7 Å². The molecular formula is C21H25N. The molecule has 0 saturated heterocycles. The number of hydrogen-bond acceptors (Lipinski definition) is 1. The molecule has 0 amide bonds. The largest absolute Gasteiger partial charge is 0.398 e. The molecular weight excluding hydrogens is 266 g/mol. The summed E-state index contributed by atoms with van der Waals surface area (Å²) in [5, 5.41) is 0. The van der Waals surface area contributed by atoms with E-state index in [4.69, 9.17) is 5.73 Å². The lowest BCUT2D eigenvalue weighted by molar-refractivity contribution is 0.959. The molecule has 0 fully saturated rings. The van der Waals surface area contributed by atoms with Crippen LogP contribution in [0.25, 0.3) is 16.7 Å². The van der Waals surface area contributed by atoms with Gasteiger partial charge in [-0.25, -0.2) is 0 Å². The standard InChI is InChI=1S/C21H25N/c1-3-5-7-13-18(10-4-2)20-16-19(14-15-21(20)22)17-11-8-6-9-12-17/h6-16H,3-5,22H2,1-2H3/b13-7+,18-10-. The van der Waals surface area contributed by atoms with Crippen molar-refractivity contribution < 1.29 is 0 Å². The summed E-state index contributed by atoms with van der Waals surface area (Å²) in [5.74, 6) is 0. The molecule has 0 radical (unpaired) electrons. The van der Waals surface area contributed by atoms with Crippen molar-refractivity contribution in [2.45, 2.75) is 33.1 Å². The third kappa shape index (κ3) is 4.11. The van der Waals surface area contributed by atoms with Crippen LogP contribution in [-0.4, -0.2) is 0 Å². The number of benzene rings is 2. The second kappa shape index (κ2) is 8.23. The summed E-state index contributed by atoms with van der Waals surface area (Å²) in [6.45, 7) is 4.35. The van der Waals surface area contributed by atoms with Crippen LogP contribution >= 0.6 is 0 Å². The van der Waals surface area contributed by atoms with Gasteiger partial charge in [0, 0.05) is 11.3 Å². The number of unbranched alkanes of at least 4 members (excludes halogenated alkanes) is 1. The molecule has 0 aromatic heterocycles. The quantitative estimate of drug-likeness (QED) is 0.506. The SMILES string of the molecule is CC/C=C(/C=C/CCC)c1cc(-c2ccccc2)ccc1N. The van der Waals surface area contributed by atoms with E-state index >= 15 is 0 Å². The van der Waals surface area contributed by atoms with E-state index in [1.807, 2.05) is 12.1 Å². The van der Waals surface area contributed by atoms with Crippen LogP contribution in [-0.2, 0) is 0 Å². The lowest BCUT2D eigenvalue weighted by atomic mass is 9.96. The first kappa shape index (κ1) is 16.1. The predicted molar refractivity (Wildman–Crippen MR) is 98.6 cm³/mol. The summed E-state index contributed by atoms with van der Waals surface area (Å²) < 4.78 is 0. The fourth-order valence-corrected chi connectivity index (χ4v) is 2.48. The van der Waals surface area contributed by atoms with Crippen LogP contribution in [0.5, 0.6) is 0 Å².